The fraction of sp³-hybridized carbons (Fsp3) is 0.333. The van der Waals surface area contributed by atoms with Gasteiger partial charge < -0.3 is 25.5 Å². The van der Waals surface area contributed by atoms with Crippen molar-refractivity contribution < 1.29 is 14.6 Å². The van der Waals surface area contributed by atoms with Crippen LogP contribution in [0.3, 0.4) is 0 Å². The maximum atomic E-state index is 12.4. The highest BCUT2D eigenvalue weighted by atomic mass is 16.5. The van der Waals surface area contributed by atoms with Gasteiger partial charge in [0.15, 0.2) is 5.82 Å². The van der Waals surface area contributed by atoms with Crippen LogP contribution in [-0.2, 0) is 11.3 Å². The highest BCUT2D eigenvalue weighted by Crippen LogP contribution is 2.31. The first-order valence-electron chi connectivity index (χ1n) is 11.3. The van der Waals surface area contributed by atoms with E-state index in [0.717, 1.165) is 40.7 Å². The maximum absolute atomic E-state index is 12.4. The van der Waals surface area contributed by atoms with Gasteiger partial charge in [-0.3, -0.25) is 14.9 Å². The minimum Gasteiger partial charge on any atom is -0.394 e. The smallest absolute Gasteiger partial charge is 0.269 e. The lowest BCUT2D eigenvalue weighted by Crippen LogP contribution is -2.27. The predicted molar refractivity (Wildman–Crippen MR) is 129 cm³/mol. The van der Waals surface area contributed by atoms with Crippen LogP contribution in [0.15, 0.2) is 36.8 Å². The molecule has 4 rings (SSSR count). The largest absolute Gasteiger partial charge is 0.394 e. The fourth-order valence-corrected chi connectivity index (χ4v) is 3.71. The second-order valence-electron chi connectivity index (χ2n) is 7.82. The number of hydrogen-bond acceptors (Lipinski definition) is 7. The number of imidazole rings is 1. The summed E-state index contributed by atoms with van der Waals surface area (Å²) >= 11 is 0. The molecule has 0 unspecified atom stereocenters. The van der Waals surface area contributed by atoms with Crippen LogP contribution in [-0.4, -0.2) is 69.1 Å². The van der Waals surface area contributed by atoms with Crippen LogP contribution in [0.2, 0.25) is 0 Å². The molecule has 0 saturated carbocycles. The SMILES string of the molecule is CCNCc1cncc(-c2ccc3[nH]nc(-c4ncc(C(=O)NCCOCCO)[nH]4)c3c2)c1C. The van der Waals surface area contributed by atoms with Crippen molar-refractivity contribution >= 4 is 16.8 Å². The number of nitrogens with zero attached hydrogens (tertiary/aromatic N) is 3. The second-order valence-corrected chi connectivity index (χ2v) is 7.82. The fourth-order valence-electron chi connectivity index (χ4n) is 3.71. The van der Waals surface area contributed by atoms with E-state index in [1.807, 2.05) is 24.5 Å². The van der Waals surface area contributed by atoms with E-state index in [-0.39, 0.29) is 19.1 Å². The summed E-state index contributed by atoms with van der Waals surface area (Å²) in [7, 11) is 0. The molecular weight excluding hydrogens is 434 g/mol. The molecule has 3 aromatic heterocycles. The van der Waals surface area contributed by atoms with Crippen molar-refractivity contribution in [3.05, 3.63) is 53.6 Å². The minimum atomic E-state index is -0.286. The Morgan fingerprint density at radius 2 is 2.09 bits per heavy atom. The van der Waals surface area contributed by atoms with E-state index in [4.69, 9.17) is 9.84 Å². The van der Waals surface area contributed by atoms with Crippen LogP contribution in [0, 0.1) is 6.92 Å². The van der Waals surface area contributed by atoms with Gasteiger partial charge in [-0.25, -0.2) is 4.98 Å². The Morgan fingerprint density at radius 3 is 2.91 bits per heavy atom. The van der Waals surface area contributed by atoms with Gasteiger partial charge in [0.25, 0.3) is 5.91 Å². The number of benzene rings is 1. The number of rotatable bonds is 11. The zero-order valence-electron chi connectivity index (χ0n) is 19.3. The van der Waals surface area contributed by atoms with E-state index < -0.39 is 0 Å². The standard InChI is InChI=1S/C24H29N7O3/c1-3-25-11-17-12-26-13-19(15(17)2)16-4-5-20-18(10-16)22(31-30-20)23-28-14-21(29-23)24(33)27-6-8-34-9-7-32/h4-5,10,12-14,25,32H,3,6-9,11H2,1-2H3,(H,27,33)(H,28,29)(H,30,31). The number of ether oxygens (including phenoxy) is 1. The van der Waals surface area contributed by atoms with Crippen LogP contribution in [0.4, 0.5) is 0 Å². The van der Waals surface area contributed by atoms with E-state index in [1.165, 1.54) is 11.8 Å². The summed E-state index contributed by atoms with van der Waals surface area (Å²) in [5.74, 6) is 0.215. The second kappa shape index (κ2) is 11.0. The molecule has 0 aliphatic rings. The molecule has 10 heteroatoms. The maximum Gasteiger partial charge on any atom is 0.269 e. The van der Waals surface area contributed by atoms with Crippen molar-refractivity contribution in [1.29, 1.82) is 0 Å². The van der Waals surface area contributed by atoms with Gasteiger partial charge in [-0.1, -0.05) is 13.0 Å². The molecular formula is C24H29N7O3. The van der Waals surface area contributed by atoms with Gasteiger partial charge in [-0.05, 0) is 42.3 Å². The van der Waals surface area contributed by atoms with Gasteiger partial charge in [-0.15, -0.1) is 0 Å². The number of carbonyl (C=O) groups excluding carboxylic acids is 1. The Hall–Kier alpha value is -3.60. The number of hydrogen-bond donors (Lipinski definition) is 5. The van der Waals surface area contributed by atoms with Crippen LogP contribution in [0.1, 0.15) is 28.5 Å². The van der Waals surface area contributed by atoms with E-state index in [0.29, 0.717) is 30.4 Å². The van der Waals surface area contributed by atoms with Crippen molar-refractivity contribution in [3.8, 4) is 22.6 Å². The topological polar surface area (TPSA) is 141 Å². The molecule has 3 heterocycles. The summed E-state index contributed by atoms with van der Waals surface area (Å²) in [6.07, 6.45) is 5.27. The Balaban J connectivity index is 1.57. The third kappa shape index (κ3) is 5.14. The molecule has 178 valence electrons. The molecule has 10 nitrogen and oxygen atoms in total. The van der Waals surface area contributed by atoms with E-state index in [2.05, 4.69) is 55.7 Å². The highest BCUT2D eigenvalue weighted by molar-refractivity contribution is 5.96. The Kier molecular flexibility index (Phi) is 7.63. The first kappa shape index (κ1) is 23.6. The summed E-state index contributed by atoms with van der Waals surface area (Å²) in [4.78, 5) is 24.2. The Labute approximate surface area is 197 Å². The van der Waals surface area contributed by atoms with Crippen LogP contribution < -0.4 is 10.6 Å². The summed E-state index contributed by atoms with van der Waals surface area (Å²) in [5.41, 5.74) is 6.28. The lowest BCUT2D eigenvalue weighted by atomic mass is 9.98. The highest BCUT2D eigenvalue weighted by Gasteiger charge is 2.16. The average Bonchev–Trinajstić information content (AvgIpc) is 3.50. The number of aliphatic hydroxyl groups is 1. The minimum absolute atomic E-state index is 0.0469. The molecule has 1 aromatic carbocycles. The molecule has 5 N–H and O–H groups in total. The normalized spacial score (nSPS) is 11.3. The molecule has 0 fully saturated rings. The van der Waals surface area contributed by atoms with E-state index in [1.54, 1.807) is 0 Å². The predicted octanol–water partition coefficient (Wildman–Crippen LogP) is 2.17. The van der Waals surface area contributed by atoms with Gasteiger partial charge in [0, 0.05) is 36.4 Å². The summed E-state index contributed by atoms with van der Waals surface area (Å²) in [5, 5.41) is 23.2. The van der Waals surface area contributed by atoms with E-state index in [9.17, 15) is 4.79 Å². The molecule has 0 aliphatic heterocycles. The van der Waals surface area contributed by atoms with Crippen molar-refractivity contribution in [1.82, 2.24) is 35.8 Å². The number of fused-ring (bicyclic) bond motifs is 1. The van der Waals surface area contributed by atoms with Gasteiger partial charge in [0.05, 0.1) is 31.5 Å². The van der Waals surface area contributed by atoms with Crippen molar-refractivity contribution in [2.75, 3.05) is 32.9 Å². The molecule has 0 spiro atoms. The van der Waals surface area contributed by atoms with Crippen molar-refractivity contribution in [2.24, 2.45) is 0 Å². The summed E-state index contributed by atoms with van der Waals surface area (Å²) in [6, 6.07) is 6.10. The van der Waals surface area contributed by atoms with Gasteiger partial charge >= 0.3 is 0 Å². The molecule has 0 bridgehead atoms. The zero-order valence-corrected chi connectivity index (χ0v) is 19.3. The third-order valence-corrected chi connectivity index (χ3v) is 5.57. The third-order valence-electron chi connectivity index (χ3n) is 5.57. The van der Waals surface area contributed by atoms with Crippen molar-refractivity contribution in [3.63, 3.8) is 0 Å². The lowest BCUT2D eigenvalue weighted by Gasteiger charge is -2.11. The van der Waals surface area contributed by atoms with E-state index >= 15 is 0 Å². The van der Waals surface area contributed by atoms with Gasteiger partial charge in [0.2, 0.25) is 0 Å². The number of amides is 1. The van der Waals surface area contributed by atoms with Crippen molar-refractivity contribution in [2.45, 2.75) is 20.4 Å². The molecule has 0 aliphatic carbocycles. The number of aliphatic hydroxyl groups excluding tert-OH is 1. The number of nitrogens with one attached hydrogen (secondary N) is 4. The average molecular weight is 464 g/mol. The van der Waals surface area contributed by atoms with Crippen LogP contribution in [0.25, 0.3) is 33.5 Å². The Morgan fingerprint density at radius 1 is 1.21 bits per heavy atom. The molecule has 0 saturated heterocycles. The first-order chi connectivity index (χ1) is 16.6. The first-order valence-corrected chi connectivity index (χ1v) is 11.3. The number of aromatic amines is 2. The van der Waals surface area contributed by atoms with Crippen LogP contribution in [0.5, 0.6) is 0 Å². The molecule has 4 aromatic rings. The zero-order chi connectivity index (χ0) is 23.9. The Bertz CT molecular complexity index is 1260. The summed E-state index contributed by atoms with van der Waals surface area (Å²) in [6.45, 7) is 6.71. The van der Waals surface area contributed by atoms with Gasteiger partial charge in [-0.2, -0.15) is 5.10 Å². The molecule has 0 atom stereocenters. The monoisotopic (exact) mass is 463 g/mol. The molecule has 34 heavy (non-hydrogen) atoms. The molecule has 1 amide bonds. The number of aromatic nitrogens is 5. The summed E-state index contributed by atoms with van der Waals surface area (Å²) < 4.78 is 5.15. The molecule has 0 radical (unpaired) electrons. The lowest BCUT2D eigenvalue weighted by molar-refractivity contribution is 0.0835. The quantitative estimate of drug-likeness (QED) is 0.215. The van der Waals surface area contributed by atoms with Crippen LogP contribution >= 0.6 is 0 Å². The number of carbonyl (C=O) groups is 1. The number of pyridine rings is 1. The van der Waals surface area contributed by atoms with Gasteiger partial charge in [0.1, 0.15) is 11.4 Å². The number of H-pyrrole nitrogens is 2.